The van der Waals surface area contributed by atoms with Crippen LogP contribution < -0.4 is 5.32 Å². The Morgan fingerprint density at radius 3 is 2.47 bits per heavy atom. The average molecular weight is 268 g/mol. The highest BCUT2D eigenvalue weighted by Crippen LogP contribution is 2.11. The van der Waals surface area contributed by atoms with Crippen molar-refractivity contribution in [3.63, 3.8) is 0 Å². The number of hydrogen-bond donors (Lipinski definition) is 2. The van der Waals surface area contributed by atoms with Crippen molar-refractivity contribution >= 4 is 11.9 Å². The highest BCUT2D eigenvalue weighted by atomic mass is 16.5. The van der Waals surface area contributed by atoms with E-state index < -0.39 is 5.97 Å². The van der Waals surface area contributed by atoms with Gasteiger partial charge in [0.1, 0.15) is 11.3 Å². The smallest absolute Gasteiger partial charge is 0.303 e. The molecule has 1 aromatic rings. The number of aromatic nitrogens is 1. The van der Waals surface area contributed by atoms with E-state index in [1.54, 1.807) is 13.8 Å². The maximum absolute atomic E-state index is 11.8. The van der Waals surface area contributed by atoms with Crippen LogP contribution in [-0.2, 0) is 4.79 Å². The van der Waals surface area contributed by atoms with Crippen LogP contribution in [0, 0.1) is 13.8 Å². The van der Waals surface area contributed by atoms with Gasteiger partial charge in [0.25, 0.3) is 5.91 Å². The Balaban J connectivity index is 2.16. The molecule has 0 saturated carbocycles. The van der Waals surface area contributed by atoms with Crippen molar-refractivity contribution in [1.82, 2.24) is 10.5 Å². The van der Waals surface area contributed by atoms with Gasteiger partial charge in [-0.15, -0.1) is 0 Å². The number of amides is 1. The molecule has 0 aliphatic rings. The summed E-state index contributed by atoms with van der Waals surface area (Å²) < 4.78 is 4.93. The summed E-state index contributed by atoms with van der Waals surface area (Å²) in [7, 11) is 0. The molecule has 0 spiro atoms. The summed E-state index contributed by atoms with van der Waals surface area (Å²) in [6, 6.07) is 0. The molecule has 0 atom stereocenters. The van der Waals surface area contributed by atoms with Gasteiger partial charge in [0, 0.05) is 13.0 Å². The molecule has 6 heteroatoms. The SMILES string of the molecule is Cc1noc(C)c1C(=O)NCCCCCCC(=O)O. The number of nitrogens with zero attached hydrogens (tertiary/aromatic N) is 1. The first-order valence-corrected chi connectivity index (χ1v) is 6.45. The Bertz CT molecular complexity index is 420. The Kier molecular flexibility index (Phi) is 6.05. The minimum atomic E-state index is -0.758. The predicted octanol–water partition coefficient (Wildman–Crippen LogP) is 2.06. The van der Waals surface area contributed by atoms with E-state index >= 15 is 0 Å². The highest BCUT2D eigenvalue weighted by molar-refractivity contribution is 5.96. The third-order valence-electron chi connectivity index (χ3n) is 2.86. The second-order valence-corrected chi connectivity index (χ2v) is 4.51. The topological polar surface area (TPSA) is 92.4 Å². The fraction of sp³-hybridized carbons (Fsp3) is 0.615. The molecule has 0 aliphatic heterocycles. The summed E-state index contributed by atoms with van der Waals surface area (Å²) in [6.45, 7) is 4.02. The van der Waals surface area contributed by atoms with Gasteiger partial charge in [-0.25, -0.2) is 0 Å². The maximum Gasteiger partial charge on any atom is 0.303 e. The molecule has 1 rings (SSSR count). The second-order valence-electron chi connectivity index (χ2n) is 4.51. The molecule has 1 amide bonds. The van der Waals surface area contributed by atoms with Crippen molar-refractivity contribution in [3.05, 3.63) is 17.0 Å². The molecule has 0 bridgehead atoms. The van der Waals surface area contributed by atoms with Crippen LogP contribution in [-0.4, -0.2) is 28.7 Å². The number of carboxylic acid groups (broad SMARTS) is 1. The molecular formula is C13H20N2O4. The lowest BCUT2D eigenvalue weighted by atomic mass is 10.1. The monoisotopic (exact) mass is 268 g/mol. The minimum Gasteiger partial charge on any atom is -0.481 e. The first-order valence-electron chi connectivity index (χ1n) is 6.45. The van der Waals surface area contributed by atoms with E-state index in [2.05, 4.69) is 10.5 Å². The lowest BCUT2D eigenvalue weighted by Gasteiger charge is -2.04. The lowest BCUT2D eigenvalue weighted by Crippen LogP contribution is -2.25. The van der Waals surface area contributed by atoms with Crippen LogP contribution in [0.15, 0.2) is 4.52 Å². The lowest BCUT2D eigenvalue weighted by molar-refractivity contribution is -0.137. The quantitative estimate of drug-likeness (QED) is 0.704. The van der Waals surface area contributed by atoms with Crippen molar-refractivity contribution in [2.75, 3.05) is 6.54 Å². The Labute approximate surface area is 112 Å². The van der Waals surface area contributed by atoms with Gasteiger partial charge in [-0.2, -0.15) is 0 Å². The molecule has 0 fully saturated rings. The zero-order chi connectivity index (χ0) is 14.3. The third kappa shape index (κ3) is 5.11. The Morgan fingerprint density at radius 1 is 1.21 bits per heavy atom. The highest BCUT2D eigenvalue weighted by Gasteiger charge is 2.16. The van der Waals surface area contributed by atoms with E-state index in [9.17, 15) is 9.59 Å². The molecule has 6 nitrogen and oxygen atoms in total. The number of aliphatic carboxylic acids is 1. The van der Waals surface area contributed by atoms with Gasteiger partial charge in [-0.3, -0.25) is 9.59 Å². The van der Waals surface area contributed by atoms with Crippen molar-refractivity contribution in [2.24, 2.45) is 0 Å². The van der Waals surface area contributed by atoms with Gasteiger partial charge < -0.3 is 14.9 Å². The largest absolute Gasteiger partial charge is 0.481 e. The fourth-order valence-electron chi connectivity index (χ4n) is 1.85. The summed E-state index contributed by atoms with van der Waals surface area (Å²) in [4.78, 5) is 22.1. The van der Waals surface area contributed by atoms with Crippen molar-refractivity contribution < 1.29 is 19.2 Å². The molecule has 106 valence electrons. The molecule has 1 aromatic heterocycles. The Hall–Kier alpha value is -1.85. The summed E-state index contributed by atoms with van der Waals surface area (Å²) >= 11 is 0. The van der Waals surface area contributed by atoms with Crippen LogP contribution in [0.5, 0.6) is 0 Å². The predicted molar refractivity (Wildman–Crippen MR) is 69.0 cm³/mol. The first kappa shape index (κ1) is 15.2. The van der Waals surface area contributed by atoms with Gasteiger partial charge in [-0.1, -0.05) is 18.0 Å². The maximum atomic E-state index is 11.8. The standard InChI is InChI=1S/C13H20N2O4/c1-9-12(10(2)19-15-9)13(18)14-8-6-4-3-5-7-11(16)17/h3-8H2,1-2H3,(H,14,18)(H,16,17). The number of carboxylic acids is 1. The summed E-state index contributed by atoms with van der Waals surface area (Å²) in [5.74, 6) is -0.398. The van der Waals surface area contributed by atoms with Crippen LogP contribution in [0.2, 0.25) is 0 Å². The minimum absolute atomic E-state index is 0.165. The number of hydrogen-bond acceptors (Lipinski definition) is 4. The van der Waals surface area contributed by atoms with Crippen molar-refractivity contribution in [2.45, 2.75) is 46.0 Å². The molecular weight excluding hydrogens is 248 g/mol. The second kappa shape index (κ2) is 7.56. The zero-order valence-corrected chi connectivity index (χ0v) is 11.4. The van der Waals surface area contributed by atoms with Gasteiger partial charge in [0.2, 0.25) is 0 Å². The molecule has 0 aromatic carbocycles. The van der Waals surface area contributed by atoms with Crippen LogP contribution in [0.1, 0.15) is 53.9 Å². The van der Waals surface area contributed by atoms with E-state index in [4.69, 9.17) is 9.63 Å². The van der Waals surface area contributed by atoms with Crippen molar-refractivity contribution in [3.8, 4) is 0 Å². The van der Waals surface area contributed by atoms with E-state index in [1.807, 2.05) is 0 Å². The fourth-order valence-corrected chi connectivity index (χ4v) is 1.85. The number of nitrogens with one attached hydrogen (secondary N) is 1. The molecule has 0 aliphatic carbocycles. The van der Waals surface area contributed by atoms with E-state index in [0.717, 1.165) is 19.3 Å². The average Bonchev–Trinajstić information content (AvgIpc) is 2.67. The van der Waals surface area contributed by atoms with Gasteiger partial charge in [0.15, 0.2) is 0 Å². The van der Waals surface area contributed by atoms with Crippen LogP contribution in [0.3, 0.4) is 0 Å². The van der Waals surface area contributed by atoms with Gasteiger partial charge in [0.05, 0.1) is 5.69 Å². The number of aryl methyl sites for hydroxylation is 2. The number of rotatable bonds is 8. The number of carbonyl (C=O) groups is 2. The molecule has 19 heavy (non-hydrogen) atoms. The van der Waals surface area contributed by atoms with Crippen LogP contribution in [0.4, 0.5) is 0 Å². The Morgan fingerprint density at radius 2 is 1.89 bits per heavy atom. The zero-order valence-electron chi connectivity index (χ0n) is 11.4. The van der Waals surface area contributed by atoms with Gasteiger partial charge >= 0.3 is 5.97 Å². The van der Waals surface area contributed by atoms with E-state index in [1.165, 1.54) is 0 Å². The molecule has 1 heterocycles. The number of unbranched alkanes of at least 4 members (excludes halogenated alkanes) is 3. The van der Waals surface area contributed by atoms with Crippen LogP contribution >= 0.6 is 0 Å². The molecule has 0 radical (unpaired) electrons. The summed E-state index contributed by atoms with van der Waals surface area (Å²) in [6.07, 6.45) is 3.52. The number of carbonyl (C=O) groups excluding carboxylic acids is 1. The van der Waals surface area contributed by atoms with Crippen molar-refractivity contribution in [1.29, 1.82) is 0 Å². The summed E-state index contributed by atoms with van der Waals surface area (Å²) in [5.41, 5.74) is 1.10. The molecule has 0 unspecified atom stereocenters. The van der Waals surface area contributed by atoms with Gasteiger partial charge in [-0.05, 0) is 26.7 Å². The normalized spacial score (nSPS) is 10.4. The molecule has 0 saturated heterocycles. The third-order valence-corrected chi connectivity index (χ3v) is 2.86. The first-order chi connectivity index (χ1) is 9.02. The van der Waals surface area contributed by atoms with E-state index in [0.29, 0.717) is 30.0 Å². The van der Waals surface area contributed by atoms with E-state index in [-0.39, 0.29) is 12.3 Å². The van der Waals surface area contributed by atoms with Crippen LogP contribution in [0.25, 0.3) is 0 Å². The molecule has 2 N–H and O–H groups in total. The summed E-state index contributed by atoms with van der Waals surface area (Å²) in [5, 5.41) is 15.0.